The molecule has 0 spiro atoms. The fourth-order valence-corrected chi connectivity index (χ4v) is 2.16. The number of rotatable bonds is 5. The molecule has 1 aromatic rings. The lowest BCUT2D eigenvalue weighted by Crippen LogP contribution is -2.16. The van der Waals surface area contributed by atoms with Crippen molar-refractivity contribution in [1.29, 1.82) is 0 Å². The van der Waals surface area contributed by atoms with E-state index in [2.05, 4.69) is 15.9 Å². The lowest BCUT2D eigenvalue weighted by Gasteiger charge is -2.11. The topological polar surface area (TPSA) is 17.1 Å². The van der Waals surface area contributed by atoms with Gasteiger partial charge in [-0.05, 0) is 36.6 Å². The predicted molar refractivity (Wildman–Crippen MR) is 66.9 cm³/mol. The molecule has 0 heterocycles. The Morgan fingerprint density at radius 3 is 2.56 bits per heavy atom. The van der Waals surface area contributed by atoms with E-state index < -0.39 is 0 Å². The molecule has 0 aliphatic heterocycles. The molecule has 0 aliphatic rings. The van der Waals surface area contributed by atoms with Gasteiger partial charge in [0.15, 0.2) is 0 Å². The molecular formula is C13H16BrFO. The van der Waals surface area contributed by atoms with Gasteiger partial charge in [-0.25, -0.2) is 4.39 Å². The smallest absolute Gasteiger partial charge is 0.140 e. The Hall–Kier alpha value is -0.700. The first-order valence-electron chi connectivity index (χ1n) is 5.55. The van der Waals surface area contributed by atoms with Crippen LogP contribution in [0.5, 0.6) is 0 Å². The van der Waals surface area contributed by atoms with Gasteiger partial charge in [0.05, 0.1) is 0 Å². The molecule has 0 saturated heterocycles. The van der Waals surface area contributed by atoms with E-state index in [4.69, 9.17) is 0 Å². The maximum atomic E-state index is 13.4. The van der Waals surface area contributed by atoms with Crippen LogP contribution < -0.4 is 0 Å². The quantitative estimate of drug-likeness (QED) is 0.795. The van der Waals surface area contributed by atoms with Crippen molar-refractivity contribution in [3.8, 4) is 0 Å². The fourth-order valence-electron chi connectivity index (χ4n) is 1.75. The van der Waals surface area contributed by atoms with Gasteiger partial charge in [-0.15, -0.1) is 0 Å². The van der Waals surface area contributed by atoms with Gasteiger partial charge >= 0.3 is 0 Å². The van der Waals surface area contributed by atoms with E-state index in [0.717, 1.165) is 17.3 Å². The molecular weight excluding hydrogens is 271 g/mol. The van der Waals surface area contributed by atoms with Gasteiger partial charge in [0.25, 0.3) is 0 Å². The first-order chi connectivity index (χ1) is 7.58. The highest BCUT2D eigenvalue weighted by atomic mass is 79.9. The average molecular weight is 287 g/mol. The molecule has 88 valence electrons. The number of benzene rings is 1. The van der Waals surface area contributed by atoms with Crippen molar-refractivity contribution >= 4 is 21.7 Å². The molecule has 0 unspecified atom stereocenters. The summed E-state index contributed by atoms with van der Waals surface area (Å²) in [5.41, 5.74) is 0.478. The van der Waals surface area contributed by atoms with Crippen LogP contribution in [-0.2, 0) is 11.2 Å². The first kappa shape index (κ1) is 13.4. The summed E-state index contributed by atoms with van der Waals surface area (Å²) in [4.78, 5) is 11.9. The van der Waals surface area contributed by atoms with Crippen LogP contribution in [0.25, 0.3) is 0 Å². The van der Waals surface area contributed by atoms with E-state index in [-0.39, 0.29) is 23.9 Å². The SMILES string of the molecule is CCC(CC)C(=O)Cc1cc(Br)ccc1F. The third-order valence-corrected chi connectivity index (χ3v) is 3.31. The van der Waals surface area contributed by atoms with Crippen LogP contribution in [0.15, 0.2) is 22.7 Å². The third-order valence-electron chi connectivity index (χ3n) is 2.81. The molecule has 16 heavy (non-hydrogen) atoms. The van der Waals surface area contributed by atoms with Gasteiger partial charge in [0, 0.05) is 16.8 Å². The van der Waals surface area contributed by atoms with Crippen molar-refractivity contribution in [2.75, 3.05) is 0 Å². The number of hydrogen-bond donors (Lipinski definition) is 0. The number of halogens is 2. The van der Waals surface area contributed by atoms with Crippen molar-refractivity contribution in [3.63, 3.8) is 0 Å². The van der Waals surface area contributed by atoms with Crippen molar-refractivity contribution in [1.82, 2.24) is 0 Å². The molecule has 0 atom stereocenters. The van der Waals surface area contributed by atoms with E-state index in [0.29, 0.717) is 5.56 Å². The molecule has 0 aliphatic carbocycles. The Labute approximate surface area is 104 Å². The first-order valence-corrected chi connectivity index (χ1v) is 6.34. The molecule has 0 amide bonds. The second kappa shape index (κ2) is 6.14. The summed E-state index contributed by atoms with van der Waals surface area (Å²) in [5, 5.41) is 0. The summed E-state index contributed by atoms with van der Waals surface area (Å²) < 4.78 is 14.2. The molecule has 0 bridgehead atoms. The number of ketones is 1. The lowest BCUT2D eigenvalue weighted by atomic mass is 9.93. The normalized spacial score (nSPS) is 10.8. The monoisotopic (exact) mass is 286 g/mol. The number of carbonyl (C=O) groups is 1. The maximum Gasteiger partial charge on any atom is 0.140 e. The second-order valence-corrected chi connectivity index (χ2v) is 4.81. The van der Waals surface area contributed by atoms with E-state index >= 15 is 0 Å². The van der Waals surface area contributed by atoms with E-state index in [1.165, 1.54) is 6.07 Å². The Bertz CT molecular complexity index is 372. The standard InChI is InChI=1S/C13H16BrFO/c1-3-9(4-2)13(16)8-10-7-11(14)5-6-12(10)15/h5-7,9H,3-4,8H2,1-2H3. The van der Waals surface area contributed by atoms with Crippen molar-refractivity contribution in [2.24, 2.45) is 5.92 Å². The summed E-state index contributed by atoms with van der Waals surface area (Å²) in [7, 11) is 0. The van der Waals surface area contributed by atoms with Crippen LogP contribution >= 0.6 is 15.9 Å². The predicted octanol–water partition coefficient (Wildman–Crippen LogP) is 4.14. The average Bonchev–Trinajstić information content (AvgIpc) is 2.25. The summed E-state index contributed by atoms with van der Waals surface area (Å²) >= 11 is 3.28. The van der Waals surface area contributed by atoms with Gasteiger partial charge in [0.1, 0.15) is 11.6 Å². The Kier molecular flexibility index (Phi) is 5.13. The molecule has 0 aromatic heterocycles. The highest BCUT2D eigenvalue weighted by Crippen LogP contribution is 2.19. The Morgan fingerprint density at radius 2 is 2.00 bits per heavy atom. The van der Waals surface area contributed by atoms with Gasteiger partial charge < -0.3 is 0 Å². The summed E-state index contributed by atoms with van der Waals surface area (Å²) in [6, 6.07) is 4.70. The van der Waals surface area contributed by atoms with Crippen LogP contribution in [0.1, 0.15) is 32.3 Å². The zero-order valence-corrected chi connectivity index (χ0v) is 11.2. The van der Waals surface area contributed by atoms with Crippen LogP contribution in [0, 0.1) is 11.7 Å². The third kappa shape index (κ3) is 3.41. The summed E-state index contributed by atoms with van der Waals surface area (Å²) in [6.45, 7) is 3.98. The van der Waals surface area contributed by atoms with E-state index in [1.54, 1.807) is 12.1 Å². The minimum Gasteiger partial charge on any atom is -0.299 e. The van der Waals surface area contributed by atoms with Crippen LogP contribution in [-0.4, -0.2) is 5.78 Å². The van der Waals surface area contributed by atoms with Gasteiger partial charge in [-0.2, -0.15) is 0 Å². The van der Waals surface area contributed by atoms with Crippen LogP contribution in [0.2, 0.25) is 0 Å². The molecule has 3 heteroatoms. The zero-order chi connectivity index (χ0) is 12.1. The van der Waals surface area contributed by atoms with Gasteiger partial charge in [-0.3, -0.25) is 4.79 Å². The molecule has 1 aromatic carbocycles. The van der Waals surface area contributed by atoms with Gasteiger partial charge in [0.2, 0.25) is 0 Å². The molecule has 0 fully saturated rings. The largest absolute Gasteiger partial charge is 0.299 e. The summed E-state index contributed by atoms with van der Waals surface area (Å²) in [6.07, 6.45) is 1.84. The number of carbonyl (C=O) groups excluding carboxylic acids is 1. The fraction of sp³-hybridized carbons (Fsp3) is 0.462. The van der Waals surface area contributed by atoms with E-state index in [1.807, 2.05) is 13.8 Å². The summed E-state index contributed by atoms with van der Waals surface area (Å²) in [5.74, 6) is -0.122. The number of Topliss-reactive ketones (excluding diaryl/α,β-unsaturated/α-hetero) is 1. The molecule has 0 N–H and O–H groups in total. The van der Waals surface area contributed by atoms with Crippen molar-refractivity contribution in [2.45, 2.75) is 33.1 Å². The highest BCUT2D eigenvalue weighted by molar-refractivity contribution is 9.10. The minimum absolute atomic E-state index is 0.0541. The number of hydrogen-bond acceptors (Lipinski definition) is 1. The van der Waals surface area contributed by atoms with Crippen molar-refractivity contribution in [3.05, 3.63) is 34.1 Å². The maximum absolute atomic E-state index is 13.4. The van der Waals surface area contributed by atoms with E-state index in [9.17, 15) is 9.18 Å². The lowest BCUT2D eigenvalue weighted by molar-refractivity contribution is -0.122. The Morgan fingerprint density at radius 1 is 1.38 bits per heavy atom. The molecule has 0 radical (unpaired) electrons. The minimum atomic E-state index is -0.303. The van der Waals surface area contributed by atoms with Crippen LogP contribution in [0.4, 0.5) is 4.39 Å². The molecule has 1 rings (SSSR count). The second-order valence-electron chi connectivity index (χ2n) is 3.89. The zero-order valence-electron chi connectivity index (χ0n) is 9.59. The molecule has 0 saturated carbocycles. The van der Waals surface area contributed by atoms with Gasteiger partial charge in [-0.1, -0.05) is 29.8 Å². The van der Waals surface area contributed by atoms with Crippen molar-refractivity contribution < 1.29 is 9.18 Å². The van der Waals surface area contributed by atoms with Crippen LogP contribution in [0.3, 0.4) is 0 Å². The Balaban J connectivity index is 2.80. The molecule has 1 nitrogen and oxygen atoms in total. The highest BCUT2D eigenvalue weighted by Gasteiger charge is 2.16.